The van der Waals surface area contributed by atoms with Gasteiger partial charge >= 0.3 is 0 Å². The summed E-state index contributed by atoms with van der Waals surface area (Å²) < 4.78 is 0. The molecule has 1 aromatic carbocycles. The van der Waals surface area contributed by atoms with Crippen LogP contribution < -0.4 is 5.32 Å². The van der Waals surface area contributed by atoms with Crippen molar-refractivity contribution in [1.82, 2.24) is 15.2 Å². The molecule has 0 fully saturated rings. The lowest BCUT2D eigenvalue weighted by atomic mass is 10.2. The topological polar surface area (TPSA) is 48.4 Å². The molecule has 0 bridgehead atoms. The first-order valence-electron chi connectivity index (χ1n) is 7.32. The van der Waals surface area contributed by atoms with Gasteiger partial charge in [-0.1, -0.05) is 24.3 Å². The van der Waals surface area contributed by atoms with Gasteiger partial charge in [0.25, 0.3) is 0 Å². The second-order valence-corrected chi connectivity index (χ2v) is 5.22. The molecule has 0 aliphatic rings. The number of hydrogen-bond donors (Lipinski definition) is 2. The van der Waals surface area contributed by atoms with Gasteiger partial charge in [0.05, 0.1) is 5.69 Å². The number of rotatable bonds is 8. The SMILES string of the molecule is CN(CCCNCc1ccccc1O)Cc1ccccn1. The first kappa shape index (κ1) is 15.5. The number of benzene rings is 1. The zero-order valence-corrected chi connectivity index (χ0v) is 12.5. The number of phenolic OH excluding ortho intramolecular Hbond substituents is 1. The third kappa shape index (κ3) is 5.53. The summed E-state index contributed by atoms with van der Waals surface area (Å²) in [6.45, 7) is 3.53. The molecule has 1 aromatic heterocycles. The van der Waals surface area contributed by atoms with Crippen molar-refractivity contribution in [3.05, 3.63) is 59.9 Å². The zero-order valence-electron chi connectivity index (χ0n) is 12.5. The molecule has 21 heavy (non-hydrogen) atoms. The molecule has 2 N–H and O–H groups in total. The summed E-state index contributed by atoms with van der Waals surface area (Å²) in [4.78, 5) is 6.60. The first-order valence-corrected chi connectivity index (χ1v) is 7.32. The molecule has 0 aliphatic carbocycles. The van der Waals surface area contributed by atoms with E-state index in [1.54, 1.807) is 6.07 Å². The standard InChI is InChI=1S/C17H23N3O/c1-20(14-16-8-4-5-11-19-16)12-6-10-18-13-15-7-2-3-9-17(15)21/h2-5,7-9,11,18,21H,6,10,12-14H2,1H3. The van der Waals surface area contributed by atoms with E-state index in [4.69, 9.17) is 0 Å². The zero-order chi connectivity index (χ0) is 14.9. The molecule has 0 saturated heterocycles. The molecule has 2 rings (SSSR count). The number of nitrogens with zero attached hydrogens (tertiary/aromatic N) is 2. The fraction of sp³-hybridized carbons (Fsp3) is 0.353. The monoisotopic (exact) mass is 285 g/mol. The van der Waals surface area contributed by atoms with Crippen molar-refractivity contribution in [1.29, 1.82) is 0 Å². The summed E-state index contributed by atoms with van der Waals surface area (Å²) >= 11 is 0. The predicted octanol–water partition coefficient (Wildman–Crippen LogP) is 2.40. The highest BCUT2D eigenvalue weighted by Crippen LogP contribution is 2.14. The minimum atomic E-state index is 0.359. The molecule has 1 heterocycles. The molecule has 0 aliphatic heterocycles. The summed E-state index contributed by atoms with van der Waals surface area (Å²) in [5, 5.41) is 13.0. The van der Waals surface area contributed by atoms with Gasteiger partial charge in [-0.25, -0.2) is 0 Å². The fourth-order valence-electron chi connectivity index (χ4n) is 2.20. The van der Waals surface area contributed by atoms with Crippen LogP contribution in [-0.2, 0) is 13.1 Å². The summed E-state index contributed by atoms with van der Waals surface area (Å²) in [6.07, 6.45) is 2.90. The fourth-order valence-corrected chi connectivity index (χ4v) is 2.20. The number of hydrogen-bond acceptors (Lipinski definition) is 4. The number of nitrogens with one attached hydrogen (secondary N) is 1. The molecule has 2 aromatic rings. The van der Waals surface area contributed by atoms with E-state index in [0.717, 1.165) is 37.3 Å². The van der Waals surface area contributed by atoms with Crippen LogP contribution in [0, 0.1) is 0 Å². The smallest absolute Gasteiger partial charge is 0.120 e. The van der Waals surface area contributed by atoms with Gasteiger partial charge in [-0.3, -0.25) is 4.98 Å². The van der Waals surface area contributed by atoms with Crippen LogP contribution in [0.4, 0.5) is 0 Å². The van der Waals surface area contributed by atoms with E-state index in [1.165, 1.54) is 0 Å². The third-order valence-corrected chi connectivity index (χ3v) is 3.36. The van der Waals surface area contributed by atoms with Crippen molar-refractivity contribution in [3.63, 3.8) is 0 Å². The van der Waals surface area contributed by atoms with Crippen LogP contribution in [0.2, 0.25) is 0 Å². The van der Waals surface area contributed by atoms with Crippen molar-refractivity contribution >= 4 is 0 Å². The number of aromatic nitrogens is 1. The Hall–Kier alpha value is -1.91. The molecule has 4 nitrogen and oxygen atoms in total. The average Bonchev–Trinajstić information content (AvgIpc) is 2.50. The molecule has 4 heteroatoms. The quantitative estimate of drug-likeness (QED) is 0.731. The Morgan fingerprint density at radius 2 is 1.95 bits per heavy atom. The van der Waals surface area contributed by atoms with Gasteiger partial charge in [0.15, 0.2) is 0 Å². The van der Waals surface area contributed by atoms with Crippen LogP contribution >= 0.6 is 0 Å². The Bertz CT molecular complexity index is 531. The first-order chi connectivity index (χ1) is 10.3. The molecule has 0 spiro atoms. The molecule has 112 valence electrons. The van der Waals surface area contributed by atoms with Crippen LogP contribution in [0.15, 0.2) is 48.7 Å². The van der Waals surface area contributed by atoms with E-state index in [-0.39, 0.29) is 0 Å². The molecule has 0 unspecified atom stereocenters. The highest BCUT2D eigenvalue weighted by atomic mass is 16.3. The maximum Gasteiger partial charge on any atom is 0.120 e. The van der Waals surface area contributed by atoms with Gasteiger partial charge in [0.1, 0.15) is 5.75 Å². The lowest BCUT2D eigenvalue weighted by Crippen LogP contribution is -2.24. The van der Waals surface area contributed by atoms with Crippen LogP contribution in [0.25, 0.3) is 0 Å². The summed E-state index contributed by atoms with van der Waals surface area (Å²) in [5.74, 6) is 0.359. The van der Waals surface area contributed by atoms with Crippen molar-refractivity contribution in [3.8, 4) is 5.75 Å². The van der Waals surface area contributed by atoms with E-state index < -0.39 is 0 Å². The van der Waals surface area contributed by atoms with E-state index in [2.05, 4.69) is 22.2 Å². The molecule has 0 amide bonds. The summed E-state index contributed by atoms with van der Waals surface area (Å²) in [6, 6.07) is 13.4. The van der Waals surface area contributed by atoms with E-state index in [9.17, 15) is 5.11 Å². The Balaban J connectivity index is 1.60. The van der Waals surface area contributed by atoms with Gasteiger partial charge in [-0.05, 0) is 44.8 Å². The van der Waals surface area contributed by atoms with Crippen LogP contribution in [-0.4, -0.2) is 35.1 Å². The van der Waals surface area contributed by atoms with Gasteiger partial charge in [-0.2, -0.15) is 0 Å². The van der Waals surface area contributed by atoms with Gasteiger partial charge in [0.2, 0.25) is 0 Å². The predicted molar refractivity (Wildman–Crippen MR) is 85.0 cm³/mol. The van der Waals surface area contributed by atoms with E-state index in [0.29, 0.717) is 12.3 Å². The summed E-state index contributed by atoms with van der Waals surface area (Å²) in [5.41, 5.74) is 2.04. The van der Waals surface area contributed by atoms with Gasteiger partial charge in [0, 0.05) is 24.8 Å². The van der Waals surface area contributed by atoms with Gasteiger partial charge < -0.3 is 15.3 Å². The molecular weight excluding hydrogens is 262 g/mol. The third-order valence-electron chi connectivity index (χ3n) is 3.36. The normalized spacial score (nSPS) is 11.0. The molecule has 0 saturated carbocycles. The second-order valence-electron chi connectivity index (χ2n) is 5.22. The van der Waals surface area contributed by atoms with Gasteiger partial charge in [-0.15, -0.1) is 0 Å². The van der Waals surface area contributed by atoms with Crippen LogP contribution in [0.5, 0.6) is 5.75 Å². The summed E-state index contributed by atoms with van der Waals surface area (Å²) in [7, 11) is 2.11. The van der Waals surface area contributed by atoms with E-state index >= 15 is 0 Å². The molecule has 0 atom stereocenters. The number of phenols is 1. The Kier molecular flexibility index (Phi) is 6.19. The number of pyridine rings is 1. The molecule has 0 radical (unpaired) electrons. The highest BCUT2D eigenvalue weighted by molar-refractivity contribution is 5.31. The largest absolute Gasteiger partial charge is 0.508 e. The van der Waals surface area contributed by atoms with Crippen molar-refractivity contribution in [2.45, 2.75) is 19.5 Å². The maximum atomic E-state index is 9.66. The number of para-hydroxylation sites is 1. The molecular formula is C17H23N3O. The Morgan fingerprint density at radius 1 is 1.14 bits per heavy atom. The lowest BCUT2D eigenvalue weighted by Gasteiger charge is -2.16. The highest BCUT2D eigenvalue weighted by Gasteiger charge is 2.01. The minimum absolute atomic E-state index is 0.359. The van der Waals surface area contributed by atoms with Crippen molar-refractivity contribution in [2.24, 2.45) is 0 Å². The number of aromatic hydroxyl groups is 1. The Labute approximate surface area is 126 Å². The average molecular weight is 285 g/mol. The van der Waals surface area contributed by atoms with Crippen LogP contribution in [0.1, 0.15) is 17.7 Å². The second kappa shape index (κ2) is 8.39. The van der Waals surface area contributed by atoms with Crippen molar-refractivity contribution < 1.29 is 5.11 Å². The Morgan fingerprint density at radius 3 is 2.71 bits per heavy atom. The lowest BCUT2D eigenvalue weighted by molar-refractivity contribution is 0.315. The minimum Gasteiger partial charge on any atom is -0.508 e. The van der Waals surface area contributed by atoms with E-state index in [1.807, 2.05) is 42.6 Å². The van der Waals surface area contributed by atoms with Crippen LogP contribution in [0.3, 0.4) is 0 Å². The maximum absolute atomic E-state index is 9.66. The van der Waals surface area contributed by atoms with Crippen molar-refractivity contribution in [2.75, 3.05) is 20.1 Å².